The smallest absolute Gasteiger partial charge is 0.263 e. The molecule has 1 saturated heterocycles. The van der Waals surface area contributed by atoms with Crippen LogP contribution in [-0.2, 0) is 19.6 Å². The van der Waals surface area contributed by atoms with Crippen molar-refractivity contribution in [3.63, 3.8) is 0 Å². The second kappa shape index (κ2) is 12.3. The van der Waals surface area contributed by atoms with Gasteiger partial charge >= 0.3 is 0 Å². The highest BCUT2D eigenvalue weighted by Crippen LogP contribution is 2.34. The Labute approximate surface area is 252 Å². The number of nitrogens with zero attached hydrogens (tertiary/aromatic N) is 5. The van der Waals surface area contributed by atoms with Crippen LogP contribution in [0.25, 0.3) is 22.0 Å². The molecule has 11 nitrogen and oxygen atoms in total. The Morgan fingerprint density at radius 2 is 1.77 bits per heavy atom. The molecule has 1 aliphatic rings. The van der Waals surface area contributed by atoms with Gasteiger partial charge in [-0.15, -0.1) is 0 Å². The van der Waals surface area contributed by atoms with E-state index in [0.29, 0.717) is 48.6 Å². The molecule has 1 amide bonds. The molecular formula is C29H26ClFN6O5S. The highest BCUT2D eigenvalue weighted by molar-refractivity contribution is 7.92. The Morgan fingerprint density at radius 3 is 2.47 bits per heavy atom. The standard InChI is InChI=1S/C29H26ClFN6O5S/c1-18(38)3-8-27(39)36-9-11-37(12-10-36)28-22-13-19(4-6-24(22)33-17-34-28)20-14-25(29(42-2)32-16-20)35-43(40,41)26-7-5-21(31)15-23(26)30/h3-8,13-17,35H,9-12H2,1-2H3/b8-3+. The number of carbonyl (C=O) groups excluding carboxylic acids is 2. The number of ether oxygens (including phenoxy) is 1. The fourth-order valence-corrected chi connectivity index (χ4v) is 6.23. The first kappa shape index (κ1) is 29.9. The molecule has 4 aromatic rings. The number of rotatable bonds is 8. The number of allylic oxidation sites excluding steroid dienone is 1. The Bertz CT molecular complexity index is 1860. The second-order valence-corrected chi connectivity index (χ2v) is 11.7. The van der Waals surface area contributed by atoms with Gasteiger partial charge in [0.1, 0.15) is 28.5 Å². The van der Waals surface area contributed by atoms with Gasteiger partial charge in [-0.1, -0.05) is 17.7 Å². The Kier molecular flexibility index (Phi) is 8.55. The first-order chi connectivity index (χ1) is 20.6. The lowest BCUT2D eigenvalue weighted by Crippen LogP contribution is -2.48. The quantitative estimate of drug-likeness (QED) is 0.288. The summed E-state index contributed by atoms with van der Waals surface area (Å²) in [5.74, 6) is -0.358. The van der Waals surface area contributed by atoms with Crippen molar-refractivity contribution in [3.05, 3.63) is 78.0 Å². The number of ketones is 1. The van der Waals surface area contributed by atoms with Gasteiger partial charge < -0.3 is 14.5 Å². The van der Waals surface area contributed by atoms with Crippen LogP contribution in [0.3, 0.4) is 0 Å². The van der Waals surface area contributed by atoms with Crippen LogP contribution in [-0.4, -0.2) is 73.2 Å². The topological polar surface area (TPSA) is 135 Å². The van der Waals surface area contributed by atoms with Gasteiger partial charge in [-0.3, -0.25) is 14.3 Å². The van der Waals surface area contributed by atoms with E-state index in [1.165, 1.54) is 32.5 Å². The molecule has 1 fully saturated rings. The molecule has 3 heterocycles. The summed E-state index contributed by atoms with van der Waals surface area (Å²) in [6, 6.07) is 10.1. The first-order valence-corrected chi connectivity index (χ1v) is 14.9. The monoisotopic (exact) mass is 624 g/mol. The molecular weight excluding hydrogens is 599 g/mol. The van der Waals surface area contributed by atoms with Crippen molar-refractivity contribution < 1.29 is 27.1 Å². The number of nitrogens with one attached hydrogen (secondary N) is 1. The Balaban J connectivity index is 1.43. The van der Waals surface area contributed by atoms with Crippen LogP contribution in [0.5, 0.6) is 5.88 Å². The van der Waals surface area contributed by atoms with Crippen LogP contribution >= 0.6 is 11.6 Å². The number of benzene rings is 2. The molecule has 14 heteroatoms. The molecule has 2 aromatic heterocycles. The Hall–Kier alpha value is -4.62. The predicted molar refractivity (Wildman–Crippen MR) is 160 cm³/mol. The number of fused-ring (bicyclic) bond motifs is 1. The third-order valence-electron chi connectivity index (χ3n) is 6.77. The summed E-state index contributed by atoms with van der Waals surface area (Å²) in [6.07, 6.45) is 5.57. The molecule has 0 unspecified atom stereocenters. The summed E-state index contributed by atoms with van der Waals surface area (Å²) in [6.45, 7) is 3.35. The number of amides is 1. The summed E-state index contributed by atoms with van der Waals surface area (Å²) in [5.41, 5.74) is 2.05. The highest BCUT2D eigenvalue weighted by atomic mass is 35.5. The van der Waals surface area contributed by atoms with Crippen molar-refractivity contribution in [3.8, 4) is 17.0 Å². The summed E-state index contributed by atoms with van der Waals surface area (Å²) >= 11 is 6.01. The summed E-state index contributed by atoms with van der Waals surface area (Å²) in [4.78, 5) is 40.2. The zero-order chi connectivity index (χ0) is 30.7. The molecule has 0 saturated carbocycles. The zero-order valence-electron chi connectivity index (χ0n) is 23.1. The maximum Gasteiger partial charge on any atom is 0.263 e. The van der Waals surface area contributed by atoms with Crippen LogP contribution in [0.4, 0.5) is 15.9 Å². The van der Waals surface area contributed by atoms with Crippen LogP contribution in [0.15, 0.2) is 72.0 Å². The third-order valence-corrected chi connectivity index (χ3v) is 8.62. The van der Waals surface area contributed by atoms with E-state index in [-0.39, 0.29) is 33.2 Å². The molecule has 2 aromatic carbocycles. The van der Waals surface area contributed by atoms with Crippen molar-refractivity contribution in [1.82, 2.24) is 19.9 Å². The molecule has 0 atom stereocenters. The third kappa shape index (κ3) is 6.57. The van der Waals surface area contributed by atoms with E-state index < -0.39 is 15.8 Å². The number of aromatic nitrogens is 3. The molecule has 43 heavy (non-hydrogen) atoms. The lowest BCUT2D eigenvalue weighted by atomic mass is 10.0. The van der Waals surface area contributed by atoms with Crippen LogP contribution in [0, 0.1) is 5.82 Å². The van der Waals surface area contributed by atoms with E-state index in [0.717, 1.165) is 23.6 Å². The number of hydrogen-bond acceptors (Lipinski definition) is 9. The molecule has 1 aliphatic heterocycles. The fourth-order valence-electron chi connectivity index (χ4n) is 4.65. The lowest BCUT2D eigenvalue weighted by Gasteiger charge is -2.35. The Morgan fingerprint density at radius 1 is 1.00 bits per heavy atom. The molecule has 5 rings (SSSR count). The van der Waals surface area contributed by atoms with Crippen molar-refractivity contribution >= 4 is 55.7 Å². The van der Waals surface area contributed by atoms with E-state index in [1.807, 2.05) is 18.2 Å². The van der Waals surface area contributed by atoms with Crippen molar-refractivity contribution in [1.29, 1.82) is 0 Å². The van der Waals surface area contributed by atoms with Gasteiger partial charge in [0.05, 0.1) is 17.6 Å². The minimum absolute atomic E-state index is 0.0286. The predicted octanol–water partition coefficient (Wildman–Crippen LogP) is 4.09. The van der Waals surface area contributed by atoms with Gasteiger partial charge in [-0.2, -0.15) is 0 Å². The molecule has 1 N–H and O–H groups in total. The van der Waals surface area contributed by atoms with Gasteiger partial charge in [-0.25, -0.2) is 27.8 Å². The van der Waals surface area contributed by atoms with E-state index in [9.17, 15) is 22.4 Å². The number of sulfonamides is 1. The van der Waals surface area contributed by atoms with Crippen molar-refractivity contribution in [2.75, 3.05) is 42.9 Å². The highest BCUT2D eigenvalue weighted by Gasteiger charge is 2.24. The number of methoxy groups -OCH3 is 1. The normalized spacial score (nSPS) is 13.9. The van der Waals surface area contributed by atoms with Gasteiger partial charge in [0.15, 0.2) is 5.78 Å². The molecule has 0 spiro atoms. The average Bonchev–Trinajstić information content (AvgIpc) is 2.99. The fraction of sp³-hybridized carbons (Fsp3) is 0.207. The number of halogens is 2. The number of carbonyl (C=O) groups is 2. The summed E-state index contributed by atoms with van der Waals surface area (Å²) < 4.78 is 47.5. The van der Waals surface area contributed by atoms with E-state index in [1.54, 1.807) is 17.2 Å². The lowest BCUT2D eigenvalue weighted by molar-refractivity contribution is -0.126. The maximum atomic E-state index is 13.5. The van der Waals surface area contributed by atoms with Crippen LogP contribution in [0.1, 0.15) is 6.92 Å². The largest absolute Gasteiger partial charge is 0.480 e. The summed E-state index contributed by atoms with van der Waals surface area (Å²) in [5, 5.41) is 0.489. The van der Waals surface area contributed by atoms with Gasteiger partial charge in [0, 0.05) is 49.4 Å². The molecule has 0 radical (unpaired) electrons. The van der Waals surface area contributed by atoms with E-state index in [4.69, 9.17) is 16.3 Å². The van der Waals surface area contributed by atoms with Crippen molar-refractivity contribution in [2.24, 2.45) is 0 Å². The SMILES string of the molecule is COc1ncc(-c2ccc3ncnc(N4CCN(C(=O)/C=C/C(C)=O)CC4)c3c2)cc1NS(=O)(=O)c1ccc(F)cc1Cl. The van der Waals surface area contributed by atoms with Crippen LogP contribution in [0.2, 0.25) is 5.02 Å². The maximum absolute atomic E-state index is 13.5. The molecule has 0 aliphatic carbocycles. The van der Waals surface area contributed by atoms with Gasteiger partial charge in [0.25, 0.3) is 10.0 Å². The van der Waals surface area contributed by atoms with Gasteiger partial charge in [0.2, 0.25) is 11.8 Å². The second-order valence-electron chi connectivity index (χ2n) is 9.65. The van der Waals surface area contributed by atoms with Gasteiger partial charge in [-0.05, 0) is 55.0 Å². The minimum Gasteiger partial charge on any atom is -0.480 e. The average molecular weight is 625 g/mol. The van der Waals surface area contributed by atoms with Crippen molar-refractivity contribution in [2.45, 2.75) is 11.8 Å². The zero-order valence-corrected chi connectivity index (χ0v) is 24.7. The number of hydrogen-bond donors (Lipinski definition) is 1. The first-order valence-electron chi connectivity index (χ1n) is 13.1. The number of pyridine rings is 1. The minimum atomic E-state index is -4.21. The van der Waals surface area contributed by atoms with E-state index in [2.05, 4.69) is 24.6 Å². The molecule has 222 valence electrons. The number of anilines is 2. The molecule has 0 bridgehead atoms. The van der Waals surface area contributed by atoms with E-state index >= 15 is 0 Å². The number of piperazine rings is 1. The van der Waals surface area contributed by atoms with Crippen LogP contribution < -0.4 is 14.4 Å². The summed E-state index contributed by atoms with van der Waals surface area (Å²) in [7, 11) is -2.85.